The third-order valence-electron chi connectivity index (χ3n) is 4.85. The molecule has 0 bridgehead atoms. The molecule has 2 aromatic carbocycles. The van der Waals surface area contributed by atoms with E-state index >= 15 is 0 Å². The molecule has 27 heavy (non-hydrogen) atoms. The molecule has 0 heterocycles. The normalized spacial score (nSPS) is 18.9. The highest BCUT2D eigenvalue weighted by atomic mass is 19.1. The molecule has 0 saturated heterocycles. The summed E-state index contributed by atoms with van der Waals surface area (Å²) in [4.78, 5) is 23.6. The first-order valence-electron chi connectivity index (χ1n) is 8.58. The zero-order chi connectivity index (χ0) is 19.6. The first kappa shape index (κ1) is 18.8. The number of nitrogens with one attached hydrogen (secondary N) is 1. The maximum atomic E-state index is 14.5. The van der Waals surface area contributed by atoms with Crippen LogP contribution in [0, 0.1) is 17.6 Å². The van der Waals surface area contributed by atoms with Gasteiger partial charge in [0.2, 0.25) is 0 Å². The van der Waals surface area contributed by atoms with E-state index in [4.69, 9.17) is 4.74 Å². The van der Waals surface area contributed by atoms with Gasteiger partial charge in [0, 0.05) is 17.7 Å². The van der Waals surface area contributed by atoms with Crippen LogP contribution in [0.1, 0.15) is 29.6 Å². The largest absolute Gasteiger partial charge is 0.497 e. The van der Waals surface area contributed by atoms with Crippen LogP contribution >= 0.6 is 0 Å². The molecule has 1 aliphatic carbocycles. The number of ether oxygens (including phenoxy) is 1. The summed E-state index contributed by atoms with van der Waals surface area (Å²) in [6.07, 6.45) is 1.72. The number of carbonyl (C=O) groups is 2. The zero-order valence-electron chi connectivity index (χ0n) is 14.7. The van der Waals surface area contributed by atoms with E-state index < -0.39 is 35.5 Å². The van der Waals surface area contributed by atoms with Crippen molar-refractivity contribution in [3.8, 4) is 16.9 Å². The molecule has 0 radical (unpaired) electrons. The number of hydrogen-bond donors (Lipinski definition) is 2. The number of benzene rings is 2. The van der Waals surface area contributed by atoms with Crippen LogP contribution in [0.25, 0.3) is 11.1 Å². The Kier molecular flexibility index (Phi) is 5.39. The van der Waals surface area contributed by atoms with E-state index in [9.17, 15) is 23.5 Å². The minimum atomic E-state index is -0.969. The molecular formula is C20H19F2NO4. The van der Waals surface area contributed by atoms with Gasteiger partial charge in [0.05, 0.1) is 18.6 Å². The fourth-order valence-electron chi connectivity index (χ4n) is 3.40. The van der Waals surface area contributed by atoms with E-state index in [2.05, 4.69) is 5.32 Å². The number of carboxylic acids is 1. The van der Waals surface area contributed by atoms with Crippen molar-refractivity contribution < 1.29 is 28.2 Å². The molecule has 0 aromatic heterocycles. The van der Waals surface area contributed by atoms with Crippen molar-refractivity contribution in [3.05, 3.63) is 53.6 Å². The van der Waals surface area contributed by atoms with Crippen LogP contribution in [0.15, 0.2) is 36.4 Å². The standard InChI is InChI=1S/C20H19F2NO4/c1-27-12-6-8-13(17(22)10-12)11-5-7-14(16(21)9-11)19(24)23-18-4-2-3-15(18)20(25)26/h5-10,15,18H,2-4H2,1H3,(H,23,24)(H,25,26)/t15-,18+/m0/s1. The van der Waals surface area contributed by atoms with Gasteiger partial charge in [-0.3, -0.25) is 9.59 Å². The molecule has 5 nitrogen and oxygen atoms in total. The Labute approximate surface area is 155 Å². The monoisotopic (exact) mass is 375 g/mol. The number of rotatable bonds is 5. The molecule has 1 amide bonds. The second-order valence-electron chi connectivity index (χ2n) is 6.50. The van der Waals surface area contributed by atoms with Crippen LogP contribution in [-0.4, -0.2) is 30.1 Å². The van der Waals surface area contributed by atoms with E-state index in [1.807, 2.05) is 0 Å². The highest BCUT2D eigenvalue weighted by Gasteiger charge is 2.34. The number of carbonyl (C=O) groups excluding carboxylic acids is 1. The summed E-state index contributed by atoms with van der Waals surface area (Å²) < 4.78 is 33.6. The van der Waals surface area contributed by atoms with E-state index in [0.29, 0.717) is 25.0 Å². The predicted molar refractivity (Wildman–Crippen MR) is 94.6 cm³/mol. The van der Waals surface area contributed by atoms with Crippen molar-refractivity contribution in [2.75, 3.05) is 7.11 Å². The lowest BCUT2D eigenvalue weighted by Crippen LogP contribution is -2.40. The number of aliphatic carboxylic acids is 1. The minimum Gasteiger partial charge on any atom is -0.497 e. The van der Waals surface area contributed by atoms with Crippen LogP contribution in [-0.2, 0) is 4.79 Å². The van der Waals surface area contributed by atoms with Crippen molar-refractivity contribution in [2.24, 2.45) is 5.92 Å². The van der Waals surface area contributed by atoms with Gasteiger partial charge in [0.15, 0.2) is 0 Å². The molecule has 1 aliphatic rings. The average molecular weight is 375 g/mol. The van der Waals surface area contributed by atoms with Crippen molar-refractivity contribution in [2.45, 2.75) is 25.3 Å². The molecule has 0 aliphatic heterocycles. The smallest absolute Gasteiger partial charge is 0.308 e. The van der Waals surface area contributed by atoms with Crippen LogP contribution < -0.4 is 10.1 Å². The lowest BCUT2D eigenvalue weighted by atomic mass is 10.0. The first-order valence-corrected chi connectivity index (χ1v) is 8.58. The third-order valence-corrected chi connectivity index (χ3v) is 4.85. The fraction of sp³-hybridized carbons (Fsp3) is 0.300. The van der Waals surface area contributed by atoms with Gasteiger partial charge in [0.1, 0.15) is 17.4 Å². The number of amides is 1. The summed E-state index contributed by atoms with van der Waals surface area (Å²) in [5.41, 5.74) is 0.264. The Morgan fingerprint density at radius 3 is 2.52 bits per heavy atom. The number of carboxylic acid groups (broad SMARTS) is 1. The van der Waals surface area contributed by atoms with Gasteiger partial charge in [-0.15, -0.1) is 0 Å². The summed E-state index contributed by atoms with van der Waals surface area (Å²) in [5.74, 6) is -3.33. The van der Waals surface area contributed by atoms with E-state index in [1.54, 1.807) is 6.07 Å². The van der Waals surface area contributed by atoms with Crippen LogP contribution in [0.4, 0.5) is 8.78 Å². The summed E-state index contributed by atoms with van der Waals surface area (Å²) >= 11 is 0. The third kappa shape index (κ3) is 3.92. The molecule has 1 fully saturated rings. The van der Waals surface area contributed by atoms with Gasteiger partial charge >= 0.3 is 5.97 Å². The second-order valence-corrected chi connectivity index (χ2v) is 6.50. The summed E-state index contributed by atoms with van der Waals surface area (Å²) in [6, 6.07) is 7.51. The van der Waals surface area contributed by atoms with Gasteiger partial charge in [-0.05, 0) is 42.7 Å². The Morgan fingerprint density at radius 1 is 1.11 bits per heavy atom. The van der Waals surface area contributed by atoms with Gasteiger partial charge < -0.3 is 15.2 Å². The Bertz CT molecular complexity index is 884. The predicted octanol–water partition coefficient (Wildman–Crippen LogP) is 3.62. The molecule has 2 atom stereocenters. The van der Waals surface area contributed by atoms with Crippen molar-refractivity contribution in [1.29, 1.82) is 0 Å². The molecule has 2 N–H and O–H groups in total. The first-order chi connectivity index (χ1) is 12.9. The Balaban J connectivity index is 1.80. The molecule has 0 unspecified atom stereocenters. The molecule has 0 spiro atoms. The maximum Gasteiger partial charge on any atom is 0.308 e. The highest BCUT2D eigenvalue weighted by molar-refractivity contribution is 5.95. The Morgan fingerprint density at radius 2 is 1.89 bits per heavy atom. The summed E-state index contributed by atoms with van der Waals surface area (Å²) in [7, 11) is 1.42. The number of halogens is 2. The van der Waals surface area contributed by atoms with E-state index in [-0.39, 0.29) is 16.7 Å². The van der Waals surface area contributed by atoms with Crippen molar-refractivity contribution in [3.63, 3.8) is 0 Å². The molecular weight excluding hydrogens is 356 g/mol. The molecule has 3 rings (SSSR count). The zero-order valence-corrected chi connectivity index (χ0v) is 14.7. The van der Waals surface area contributed by atoms with Crippen LogP contribution in [0.5, 0.6) is 5.75 Å². The topological polar surface area (TPSA) is 75.6 Å². The van der Waals surface area contributed by atoms with Gasteiger partial charge in [0.25, 0.3) is 5.91 Å². The lowest BCUT2D eigenvalue weighted by Gasteiger charge is -2.18. The van der Waals surface area contributed by atoms with Gasteiger partial charge in [-0.25, -0.2) is 8.78 Å². The van der Waals surface area contributed by atoms with Gasteiger partial charge in [-0.2, -0.15) is 0 Å². The lowest BCUT2D eigenvalue weighted by molar-refractivity contribution is -0.142. The molecule has 1 saturated carbocycles. The van der Waals surface area contributed by atoms with Gasteiger partial charge in [-0.1, -0.05) is 12.5 Å². The Hall–Kier alpha value is -2.96. The van der Waals surface area contributed by atoms with Crippen molar-refractivity contribution in [1.82, 2.24) is 5.32 Å². The summed E-state index contributed by atoms with van der Waals surface area (Å²) in [5, 5.41) is 11.8. The van der Waals surface area contributed by atoms with Crippen LogP contribution in [0.3, 0.4) is 0 Å². The second kappa shape index (κ2) is 7.73. The minimum absolute atomic E-state index is 0.184. The molecule has 7 heteroatoms. The van der Waals surface area contributed by atoms with E-state index in [1.165, 1.54) is 31.4 Å². The molecule has 142 valence electrons. The highest BCUT2D eigenvalue weighted by Crippen LogP contribution is 2.29. The van der Waals surface area contributed by atoms with Crippen LogP contribution in [0.2, 0.25) is 0 Å². The van der Waals surface area contributed by atoms with E-state index in [0.717, 1.165) is 6.07 Å². The fourth-order valence-corrected chi connectivity index (χ4v) is 3.40. The SMILES string of the molecule is COc1ccc(-c2ccc(C(=O)N[C@@H]3CCC[C@@H]3C(=O)O)c(F)c2)c(F)c1. The quantitative estimate of drug-likeness (QED) is 0.837. The molecule has 2 aromatic rings. The summed E-state index contributed by atoms with van der Waals surface area (Å²) in [6.45, 7) is 0. The average Bonchev–Trinajstić information content (AvgIpc) is 3.09. The number of methoxy groups -OCH3 is 1. The number of hydrogen-bond acceptors (Lipinski definition) is 3. The van der Waals surface area contributed by atoms with Crippen molar-refractivity contribution >= 4 is 11.9 Å². The maximum absolute atomic E-state index is 14.5.